The van der Waals surface area contributed by atoms with Crippen molar-refractivity contribution in [3.8, 4) is 0 Å². The van der Waals surface area contributed by atoms with E-state index in [1.807, 2.05) is 7.05 Å². The van der Waals surface area contributed by atoms with E-state index in [1.54, 1.807) is 17.6 Å². The molecule has 7 heteroatoms. The highest BCUT2D eigenvalue weighted by Gasteiger charge is 2.12. The first kappa shape index (κ1) is 15.2. The number of aryl methyl sites for hydroxylation is 1. The molecule has 0 radical (unpaired) electrons. The van der Waals surface area contributed by atoms with Crippen LogP contribution in [0.1, 0.15) is 18.2 Å². The molecule has 0 fully saturated rings. The molecule has 0 bridgehead atoms. The average molecular weight is 312 g/mol. The molecule has 2 aromatic rings. The van der Waals surface area contributed by atoms with Gasteiger partial charge in [-0.3, -0.25) is 4.21 Å². The minimum Gasteiger partial charge on any atom is -0.367 e. The molecule has 2 unspecified atom stereocenters. The van der Waals surface area contributed by atoms with Crippen molar-refractivity contribution in [2.75, 3.05) is 29.7 Å². The predicted octanol–water partition coefficient (Wildman–Crippen LogP) is 2.61. The van der Waals surface area contributed by atoms with Crippen molar-refractivity contribution in [3.05, 3.63) is 10.9 Å². The minimum absolute atomic E-state index is 0.224. The zero-order valence-corrected chi connectivity index (χ0v) is 13.8. The van der Waals surface area contributed by atoms with Crippen molar-refractivity contribution in [2.45, 2.75) is 26.3 Å². The molecule has 0 aliphatic carbocycles. The number of thiophene rings is 1. The van der Waals surface area contributed by atoms with E-state index in [0.717, 1.165) is 22.5 Å². The Kier molecular flexibility index (Phi) is 4.93. The molecule has 20 heavy (non-hydrogen) atoms. The van der Waals surface area contributed by atoms with Gasteiger partial charge in [-0.1, -0.05) is 0 Å². The largest absolute Gasteiger partial charge is 0.367 e. The summed E-state index contributed by atoms with van der Waals surface area (Å²) >= 11 is 1.66. The van der Waals surface area contributed by atoms with Crippen molar-refractivity contribution in [1.29, 1.82) is 0 Å². The second-order valence-corrected chi connectivity index (χ2v) is 7.62. The van der Waals surface area contributed by atoms with Crippen LogP contribution in [0.15, 0.2) is 6.07 Å². The highest BCUT2D eigenvalue weighted by Crippen LogP contribution is 2.30. The third-order valence-electron chi connectivity index (χ3n) is 2.96. The Balaban J connectivity index is 2.25. The monoisotopic (exact) mass is 312 g/mol. The molecule has 0 saturated carbocycles. The number of aromatic nitrogens is 2. The van der Waals surface area contributed by atoms with Gasteiger partial charge >= 0.3 is 0 Å². The van der Waals surface area contributed by atoms with Gasteiger partial charge in [0, 0.05) is 40.8 Å². The van der Waals surface area contributed by atoms with Gasteiger partial charge < -0.3 is 10.6 Å². The maximum atomic E-state index is 11.2. The number of nitrogens with one attached hydrogen (secondary N) is 2. The second kappa shape index (κ2) is 6.49. The molecule has 0 aliphatic heterocycles. The number of rotatable bonds is 6. The predicted molar refractivity (Wildman–Crippen MR) is 88.3 cm³/mol. The van der Waals surface area contributed by atoms with Crippen LogP contribution in [0.2, 0.25) is 0 Å². The Bertz CT molecular complexity index is 626. The zero-order valence-electron chi connectivity index (χ0n) is 12.2. The van der Waals surface area contributed by atoms with Crippen LogP contribution >= 0.6 is 11.3 Å². The van der Waals surface area contributed by atoms with Gasteiger partial charge in [0.15, 0.2) is 0 Å². The molecule has 2 heterocycles. The van der Waals surface area contributed by atoms with Gasteiger partial charge in [0.1, 0.15) is 10.6 Å². The first-order valence-corrected chi connectivity index (χ1v) is 9.06. The summed E-state index contributed by atoms with van der Waals surface area (Å²) < 4.78 is 11.2. The van der Waals surface area contributed by atoms with Crippen molar-refractivity contribution >= 4 is 44.1 Å². The lowest BCUT2D eigenvalue weighted by atomic mass is 10.2. The molecule has 2 N–H and O–H groups in total. The molecule has 2 aromatic heterocycles. The molecule has 0 amide bonds. The zero-order chi connectivity index (χ0) is 14.7. The van der Waals surface area contributed by atoms with Gasteiger partial charge in [0.2, 0.25) is 5.95 Å². The highest BCUT2D eigenvalue weighted by atomic mass is 32.2. The highest BCUT2D eigenvalue weighted by molar-refractivity contribution is 7.84. The Morgan fingerprint density at radius 3 is 2.85 bits per heavy atom. The van der Waals surface area contributed by atoms with Gasteiger partial charge in [0.25, 0.3) is 0 Å². The van der Waals surface area contributed by atoms with Gasteiger partial charge in [-0.25, -0.2) is 4.98 Å². The second-order valence-electron chi connectivity index (χ2n) is 4.83. The van der Waals surface area contributed by atoms with Gasteiger partial charge in [-0.15, -0.1) is 11.3 Å². The molecule has 5 nitrogen and oxygen atoms in total. The average Bonchev–Trinajstić information content (AvgIpc) is 2.76. The number of anilines is 2. The first-order valence-electron chi connectivity index (χ1n) is 6.52. The molecule has 2 atom stereocenters. The third kappa shape index (κ3) is 3.67. The van der Waals surface area contributed by atoms with E-state index < -0.39 is 10.8 Å². The third-order valence-corrected chi connectivity index (χ3v) is 4.72. The standard InChI is InChI=1S/C13H20N4OS2/c1-8(5-6-20(4)18)15-11-10-7-9(2)19-12(10)17-13(14-3)16-11/h7-8H,5-6H2,1-4H3,(H2,14,15,16,17). The van der Waals surface area contributed by atoms with E-state index in [1.165, 1.54) is 4.88 Å². The van der Waals surface area contributed by atoms with E-state index in [0.29, 0.717) is 11.7 Å². The van der Waals surface area contributed by atoms with Crippen LogP contribution in [-0.2, 0) is 10.8 Å². The Labute approximate surface area is 125 Å². The van der Waals surface area contributed by atoms with Crippen LogP contribution in [0.4, 0.5) is 11.8 Å². The quantitative estimate of drug-likeness (QED) is 0.858. The van der Waals surface area contributed by atoms with E-state index >= 15 is 0 Å². The number of nitrogens with zero attached hydrogens (tertiary/aromatic N) is 2. The maximum absolute atomic E-state index is 11.2. The lowest BCUT2D eigenvalue weighted by molar-refractivity contribution is 0.678. The van der Waals surface area contributed by atoms with Crippen molar-refractivity contribution < 1.29 is 4.21 Å². The van der Waals surface area contributed by atoms with Crippen LogP contribution in [0.5, 0.6) is 0 Å². The smallest absolute Gasteiger partial charge is 0.225 e. The normalized spacial score (nSPS) is 14.2. The molecule has 0 aromatic carbocycles. The topological polar surface area (TPSA) is 66.9 Å². The van der Waals surface area contributed by atoms with Crippen LogP contribution in [0, 0.1) is 6.92 Å². The Hall–Kier alpha value is -1.21. The van der Waals surface area contributed by atoms with E-state index in [4.69, 9.17) is 0 Å². The molecule has 0 aliphatic rings. The summed E-state index contributed by atoms with van der Waals surface area (Å²) in [5.74, 6) is 2.16. The van der Waals surface area contributed by atoms with Gasteiger partial charge in [-0.2, -0.15) is 4.98 Å². The minimum atomic E-state index is -0.756. The Morgan fingerprint density at radius 1 is 1.45 bits per heavy atom. The molecule has 0 spiro atoms. The summed E-state index contributed by atoms with van der Waals surface area (Å²) in [5.41, 5.74) is 0. The fraction of sp³-hybridized carbons (Fsp3) is 0.538. The lowest BCUT2D eigenvalue weighted by Gasteiger charge is -2.15. The molecule has 2 rings (SSSR count). The number of fused-ring (bicyclic) bond motifs is 1. The Morgan fingerprint density at radius 2 is 2.20 bits per heavy atom. The molecule has 110 valence electrons. The SMILES string of the molecule is CNc1nc(NC(C)CCS(C)=O)c2cc(C)sc2n1. The molecular formula is C13H20N4OS2. The van der Waals surface area contributed by atoms with Crippen LogP contribution in [-0.4, -0.2) is 39.3 Å². The summed E-state index contributed by atoms with van der Waals surface area (Å²) in [5, 5.41) is 7.45. The molecule has 0 saturated heterocycles. The van der Waals surface area contributed by atoms with Crippen molar-refractivity contribution in [1.82, 2.24) is 9.97 Å². The van der Waals surface area contributed by atoms with Gasteiger partial charge in [0.05, 0.1) is 5.39 Å². The summed E-state index contributed by atoms with van der Waals surface area (Å²) in [6.45, 7) is 4.15. The fourth-order valence-corrected chi connectivity index (χ4v) is 3.48. The summed E-state index contributed by atoms with van der Waals surface area (Å²) in [6, 6.07) is 2.33. The van der Waals surface area contributed by atoms with Gasteiger partial charge in [-0.05, 0) is 26.3 Å². The van der Waals surface area contributed by atoms with E-state index in [9.17, 15) is 4.21 Å². The first-order chi connectivity index (χ1) is 9.49. The fourth-order valence-electron chi connectivity index (χ4n) is 1.91. The van der Waals surface area contributed by atoms with E-state index in [-0.39, 0.29) is 6.04 Å². The number of hydrogen-bond acceptors (Lipinski definition) is 6. The van der Waals surface area contributed by atoms with Crippen molar-refractivity contribution in [2.24, 2.45) is 0 Å². The van der Waals surface area contributed by atoms with Crippen LogP contribution in [0.25, 0.3) is 10.2 Å². The summed E-state index contributed by atoms with van der Waals surface area (Å²) in [4.78, 5) is 11.2. The molecular weight excluding hydrogens is 292 g/mol. The van der Waals surface area contributed by atoms with Crippen molar-refractivity contribution in [3.63, 3.8) is 0 Å². The maximum Gasteiger partial charge on any atom is 0.225 e. The van der Waals surface area contributed by atoms with Crippen LogP contribution in [0.3, 0.4) is 0 Å². The summed E-state index contributed by atoms with van der Waals surface area (Å²) in [6.07, 6.45) is 2.59. The van der Waals surface area contributed by atoms with Crippen LogP contribution < -0.4 is 10.6 Å². The summed E-state index contributed by atoms with van der Waals surface area (Å²) in [7, 11) is 1.06. The lowest BCUT2D eigenvalue weighted by Crippen LogP contribution is -2.19. The van der Waals surface area contributed by atoms with E-state index in [2.05, 4.69) is 40.5 Å². The number of hydrogen-bond donors (Lipinski definition) is 2.